The second-order valence-corrected chi connectivity index (χ2v) is 10.4. The molecule has 148 valence electrons. The number of hydrogen-bond acceptors (Lipinski definition) is 4. The molecule has 6 heteroatoms. The summed E-state index contributed by atoms with van der Waals surface area (Å²) in [5.41, 5.74) is -1.82. The van der Waals surface area contributed by atoms with Crippen molar-refractivity contribution in [2.45, 2.75) is 61.8 Å². The number of Topliss-reactive ketones (excluding diaryl/α,β-unsaturated/α-hetero) is 1. The van der Waals surface area contributed by atoms with Crippen molar-refractivity contribution in [3.63, 3.8) is 0 Å². The fourth-order valence-electron chi connectivity index (χ4n) is 6.54. The van der Waals surface area contributed by atoms with E-state index in [-0.39, 0.29) is 17.6 Å². The monoisotopic (exact) mass is 412 g/mol. The Kier molecular flexibility index (Phi) is 4.30. The highest BCUT2D eigenvalue weighted by Gasteiger charge is 2.72. The van der Waals surface area contributed by atoms with Crippen LogP contribution in [0.25, 0.3) is 0 Å². The second kappa shape index (κ2) is 5.91. The minimum absolute atomic E-state index is 0.0160. The molecule has 0 aliphatic heterocycles. The molecule has 4 rings (SSSR count). The molecule has 0 saturated heterocycles. The number of alkyl halides is 2. The molecule has 0 radical (unpaired) electrons. The number of fused-ring (bicyclic) bond motifs is 5. The lowest BCUT2D eigenvalue weighted by atomic mass is 9.47. The zero-order valence-electron chi connectivity index (χ0n) is 15.7. The molecular formula is C21H26Cl2O4. The first-order chi connectivity index (χ1) is 12.5. The lowest BCUT2D eigenvalue weighted by Gasteiger charge is -2.63. The van der Waals surface area contributed by atoms with Crippen LogP contribution < -0.4 is 0 Å². The lowest BCUT2D eigenvalue weighted by Crippen LogP contribution is -2.67. The summed E-state index contributed by atoms with van der Waals surface area (Å²) in [6.07, 6.45) is 8.17. The van der Waals surface area contributed by atoms with Crippen molar-refractivity contribution in [3.05, 3.63) is 23.8 Å². The Morgan fingerprint density at radius 1 is 1.33 bits per heavy atom. The van der Waals surface area contributed by atoms with Gasteiger partial charge in [-0.3, -0.25) is 9.59 Å². The number of halogens is 2. The summed E-state index contributed by atoms with van der Waals surface area (Å²) in [6, 6.07) is 0. The Balaban J connectivity index is 1.84. The van der Waals surface area contributed by atoms with E-state index in [0.29, 0.717) is 32.1 Å². The van der Waals surface area contributed by atoms with Crippen LogP contribution in [0.5, 0.6) is 0 Å². The van der Waals surface area contributed by atoms with Crippen molar-refractivity contribution in [1.29, 1.82) is 0 Å². The van der Waals surface area contributed by atoms with Gasteiger partial charge < -0.3 is 10.2 Å². The van der Waals surface area contributed by atoms with Gasteiger partial charge in [-0.1, -0.05) is 26.0 Å². The van der Waals surface area contributed by atoms with Crippen LogP contribution in [0, 0.1) is 22.7 Å². The summed E-state index contributed by atoms with van der Waals surface area (Å²) in [5.74, 6) is -0.552. The molecule has 0 heterocycles. The fraction of sp³-hybridized carbons (Fsp3) is 0.714. The highest BCUT2D eigenvalue weighted by atomic mass is 35.5. The number of carbonyl (C=O) groups excluding carboxylic acids is 2. The maximum atomic E-state index is 12.4. The number of rotatable bonds is 2. The van der Waals surface area contributed by atoms with E-state index in [1.165, 1.54) is 0 Å². The number of aliphatic hydroxyl groups excluding tert-OH is 1. The number of carbonyl (C=O) groups is 2. The third-order valence-corrected chi connectivity index (χ3v) is 9.86. The van der Waals surface area contributed by atoms with E-state index in [9.17, 15) is 19.8 Å². The molecule has 2 saturated carbocycles. The van der Waals surface area contributed by atoms with Gasteiger partial charge in [0.25, 0.3) is 0 Å². The van der Waals surface area contributed by atoms with Gasteiger partial charge in [0.05, 0.1) is 10.3 Å². The van der Waals surface area contributed by atoms with Crippen molar-refractivity contribution in [1.82, 2.24) is 0 Å². The van der Waals surface area contributed by atoms with E-state index in [4.69, 9.17) is 23.2 Å². The molecule has 0 amide bonds. The van der Waals surface area contributed by atoms with Crippen molar-refractivity contribution in [2.24, 2.45) is 22.7 Å². The van der Waals surface area contributed by atoms with Gasteiger partial charge in [0.15, 0.2) is 11.6 Å². The molecule has 4 nitrogen and oxygen atoms in total. The minimum atomic E-state index is -1.58. The standard InChI is InChI=1S/C21H26Cl2O4/c1-18-7-5-13(25)9-12(18)3-4-15-14-6-8-20(27,17(26)11-24)19(14,2)10-16(22)21(15,18)23/h3-4,9,14-16,24,27H,5-8,10-11H2,1-2H3/t14-,15-,16?,18-,19-,20-,21-/m0/s1. The van der Waals surface area contributed by atoms with Gasteiger partial charge in [-0.25, -0.2) is 0 Å². The zero-order chi connectivity index (χ0) is 19.8. The number of hydrogen-bond donors (Lipinski definition) is 2. The molecule has 0 aromatic carbocycles. The average molecular weight is 413 g/mol. The van der Waals surface area contributed by atoms with Gasteiger partial charge in [-0.15, -0.1) is 23.2 Å². The molecule has 0 bridgehead atoms. The molecule has 0 aromatic rings. The Hall–Kier alpha value is -0.680. The van der Waals surface area contributed by atoms with Gasteiger partial charge in [0.2, 0.25) is 0 Å². The number of allylic oxidation sites excluding steroid dienone is 4. The lowest BCUT2D eigenvalue weighted by molar-refractivity contribution is -0.160. The van der Waals surface area contributed by atoms with Crippen LogP contribution in [-0.4, -0.2) is 44.2 Å². The molecule has 2 N–H and O–H groups in total. The van der Waals surface area contributed by atoms with Crippen molar-refractivity contribution >= 4 is 34.8 Å². The average Bonchev–Trinajstić information content (AvgIpc) is 2.88. The summed E-state index contributed by atoms with van der Waals surface area (Å²) in [6.45, 7) is 3.33. The fourth-order valence-corrected chi connectivity index (χ4v) is 7.76. The summed E-state index contributed by atoms with van der Waals surface area (Å²) >= 11 is 14.3. The van der Waals surface area contributed by atoms with Gasteiger partial charge >= 0.3 is 0 Å². The third kappa shape index (κ3) is 2.19. The zero-order valence-corrected chi connectivity index (χ0v) is 17.2. The number of aliphatic hydroxyl groups is 2. The maximum absolute atomic E-state index is 12.4. The van der Waals surface area contributed by atoms with Crippen molar-refractivity contribution in [3.8, 4) is 0 Å². The summed E-state index contributed by atoms with van der Waals surface area (Å²) < 4.78 is 0. The first kappa shape index (κ1) is 19.6. The van der Waals surface area contributed by atoms with Gasteiger partial charge in [-0.05, 0) is 43.3 Å². The van der Waals surface area contributed by atoms with Gasteiger partial charge in [0.1, 0.15) is 12.2 Å². The highest BCUT2D eigenvalue weighted by Crippen LogP contribution is 2.70. The maximum Gasteiger partial charge on any atom is 0.190 e. The van der Waals surface area contributed by atoms with Crippen molar-refractivity contribution < 1.29 is 19.8 Å². The first-order valence-electron chi connectivity index (χ1n) is 9.67. The van der Waals surface area contributed by atoms with Crippen LogP contribution in [0.3, 0.4) is 0 Å². The molecular weight excluding hydrogens is 387 g/mol. The SMILES string of the molecule is C[C@]12CCC(=O)C=C1C=C[C@H]1[C@@H]3CC[C@](O)(C(=O)CO)[C@@]3(C)CC(Cl)[C@@]12Cl. The van der Waals surface area contributed by atoms with Crippen LogP contribution in [-0.2, 0) is 9.59 Å². The van der Waals surface area contributed by atoms with Crippen LogP contribution >= 0.6 is 23.2 Å². The molecule has 2 fully saturated rings. The second-order valence-electron chi connectivity index (χ2n) is 9.23. The Bertz CT molecular complexity index is 776. The Labute approximate surface area is 169 Å². The summed E-state index contributed by atoms with van der Waals surface area (Å²) in [4.78, 5) is 23.6. The van der Waals surface area contributed by atoms with E-state index in [0.717, 1.165) is 5.57 Å². The van der Waals surface area contributed by atoms with E-state index in [2.05, 4.69) is 6.92 Å². The first-order valence-corrected chi connectivity index (χ1v) is 10.5. The van der Waals surface area contributed by atoms with E-state index < -0.39 is 39.1 Å². The molecule has 27 heavy (non-hydrogen) atoms. The van der Waals surface area contributed by atoms with Crippen LogP contribution in [0.2, 0.25) is 0 Å². The largest absolute Gasteiger partial charge is 0.388 e. The molecule has 0 spiro atoms. The Morgan fingerprint density at radius 2 is 2.04 bits per heavy atom. The summed E-state index contributed by atoms with van der Waals surface area (Å²) in [5, 5.41) is 20.2. The van der Waals surface area contributed by atoms with E-state index in [1.54, 1.807) is 6.08 Å². The van der Waals surface area contributed by atoms with Crippen LogP contribution in [0.4, 0.5) is 0 Å². The third-order valence-electron chi connectivity index (χ3n) is 8.32. The van der Waals surface area contributed by atoms with Crippen LogP contribution in [0.1, 0.15) is 46.0 Å². The molecule has 1 unspecified atom stereocenters. The minimum Gasteiger partial charge on any atom is -0.388 e. The van der Waals surface area contributed by atoms with E-state index in [1.807, 2.05) is 19.1 Å². The molecule has 7 atom stereocenters. The molecule has 4 aliphatic rings. The smallest absolute Gasteiger partial charge is 0.190 e. The molecule has 4 aliphatic carbocycles. The van der Waals surface area contributed by atoms with E-state index >= 15 is 0 Å². The predicted molar refractivity (Wildman–Crippen MR) is 104 cm³/mol. The topological polar surface area (TPSA) is 74.6 Å². The Morgan fingerprint density at radius 3 is 2.70 bits per heavy atom. The van der Waals surface area contributed by atoms with Crippen LogP contribution in [0.15, 0.2) is 23.8 Å². The quantitative estimate of drug-likeness (QED) is 0.682. The van der Waals surface area contributed by atoms with Gasteiger partial charge in [0, 0.05) is 23.2 Å². The summed E-state index contributed by atoms with van der Waals surface area (Å²) in [7, 11) is 0. The number of ketones is 2. The predicted octanol–water partition coefficient (Wildman–Crippen LogP) is 3.17. The highest BCUT2D eigenvalue weighted by molar-refractivity contribution is 6.34. The van der Waals surface area contributed by atoms with Gasteiger partial charge in [-0.2, -0.15) is 0 Å². The normalized spacial score (nSPS) is 51.3. The van der Waals surface area contributed by atoms with Crippen molar-refractivity contribution in [2.75, 3.05) is 6.61 Å². The molecule has 0 aromatic heterocycles.